The number of aromatic hydroxyl groups is 2. The van der Waals surface area contributed by atoms with E-state index in [1.807, 2.05) is 13.8 Å². The van der Waals surface area contributed by atoms with Crippen LogP contribution in [0.3, 0.4) is 0 Å². The summed E-state index contributed by atoms with van der Waals surface area (Å²) in [6.45, 7) is 8.25. The van der Waals surface area contributed by atoms with Gasteiger partial charge in [0.1, 0.15) is 32.9 Å². The van der Waals surface area contributed by atoms with Crippen molar-refractivity contribution in [3.8, 4) is 11.5 Å². The Balaban J connectivity index is 0.00000168. The largest absolute Gasteiger partial charge is 0.506 e. The molecule has 193 valence electrons. The van der Waals surface area contributed by atoms with Crippen molar-refractivity contribution < 1.29 is 53.9 Å². The molecule has 0 fully saturated rings. The normalized spacial score (nSPS) is 11.6. The van der Waals surface area contributed by atoms with Crippen LogP contribution in [0.5, 0.6) is 11.5 Å². The summed E-state index contributed by atoms with van der Waals surface area (Å²) in [6, 6.07) is 10.4. The molecule has 0 aliphatic carbocycles. The number of azo groups is 1. The van der Waals surface area contributed by atoms with Gasteiger partial charge in [-0.15, -0.1) is 10.2 Å². The smallest absolute Gasteiger partial charge is 0.296 e. The summed E-state index contributed by atoms with van der Waals surface area (Å²) >= 11 is 0. The molecule has 10 nitrogen and oxygen atoms in total. The molecule has 6 N–H and O–H groups in total. The topological polar surface area (TPSA) is 180 Å². The van der Waals surface area contributed by atoms with Crippen molar-refractivity contribution in [2.75, 3.05) is 0 Å². The second-order valence-electron chi connectivity index (χ2n) is 6.32. The third-order valence-electron chi connectivity index (χ3n) is 3.75. The van der Waals surface area contributed by atoms with Gasteiger partial charge in [-0.25, -0.2) is 0 Å². The molecule has 0 unspecified atom stereocenters. The van der Waals surface area contributed by atoms with E-state index in [0.717, 1.165) is 12.1 Å². The summed E-state index contributed by atoms with van der Waals surface area (Å²) in [5.41, 5.74) is -0.766. The van der Waals surface area contributed by atoms with Crippen LogP contribution in [0, 0.1) is 0 Å². The third-order valence-corrected chi connectivity index (χ3v) is 5.55. The van der Waals surface area contributed by atoms with Crippen molar-refractivity contribution >= 4 is 43.1 Å². The van der Waals surface area contributed by atoms with Gasteiger partial charge in [0.25, 0.3) is 10.1 Å². The molecule has 0 atom stereocenters. The third kappa shape index (κ3) is 7.93. The molecular weight excluding hydrogens is 536 g/mol. The molecule has 3 aromatic rings. The molecule has 3 rings (SSSR count). The number of rotatable bonds is 4. The Hall–Kier alpha value is -2.22. The number of hydrogen-bond acceptors (Lipinski definition) is 9. The quantitative estimate of drug-likeness (QED) is 0.112. The van der Waals surface area contributed by atoms with Gasteiger partial charge >= 0.3 is 0 Å². The van der Waals surface area contributed by atoms with Gasteiger partial charge < -0.3 is 23.9 Å². The van der Waals surface area contributed by atoms with Gasteiger partial charge in [0, 0.05) is 22.5 Å². The molecule has 0 spiro atoms. The Kier molecular flexibility index (Phi) is 12.7. The van der Waals surface area contributed by atoms with Crippen LogP contribution in [0.1, 0.15) is 34.1 Å². The van der Waals surface area contributed by atoms with Gasteiger partial charge in [0.15, 0.2) is 5.75 Å². The molecule has 13 heteroatoms. The number of phenolic OH excluding ortho intramolecular Hbond substituents is 2. The average Bonchev–Trinajstić information content (AvgIpc) is 2.74. The van der Waals surface area contributed by atoms with Crippen molar-refractivity contribution in [2.45, 2.75) is 43.9 Å². The zero-order chi connectivity index (χ0) is 25.4. The van der Waals surface area contributed by atoms with E-state index in [1.54, 1.807) is 0 Å². The van der Waals surface area contributed by atoms with E-state index >= 15 is 0 Å². The first-order chi connectivity index (χ1) is 15.4. The molecule has 0 aliphatic rings. The molecule has 0 bridgehead atoms. The van der Waals surface area contributed by atoms with Crippen LogP contribution in [0.25, 0.3) is 10.8 Å². The van der Waals surface area contributed by atoms with Crippen LogP contribution in [0.4, 0.5) is 11.4 Å². The number of benzene rings is 3. The monoisotopic (exact) mass is 563 g/mol. The van der Waals surface area contributed by atoms with Gasteiger partial charge in [-0.1, -0.05) is 58.4 Å². The van der Waals surface area contributed by atoms with Gasteiger partial charge in [0.05, 0.1) is 4.90 Å². The van der Waals surface area contributed by atoms with Crippen LogP contribution in [-0.2, 0) is 27.2 Å². The molecule has 1 radical (unpaired) electrons. The van der Waals surface area contributed by atoms with Crippen LogP contribution in [0.2, 0.25) is 0 Å². The standard InChI is InChI=1S/C16H14N2O8S2.C3H8.C2H6.Cu/c19-11-6-2-1-5-10(11)17-18-15-13(28(24,25)26)8-9-4-3-7-12(27(21,22)23)14(9)16(15)20;1-3-2;1-2;/h1-8,19-23H,(H,24,25,26);3H2,1-2H3;1-2H3;. The first-order valence-electron chi connectivity index (χ1n) is 9.88. The predicted octanol–water partition coefficient (Wildman–Crippen LogP) is 6.94. The molecule has 0 saturated heterocycles. The molecule has 0 amide bonds. The Bertz CT molecular complexity index is 1230. The van der Waals surface area contributed by atoms with E-state index < -0.39 is 42.2 Å². The van der Waals surface area contributed by atoms with Crippen LogP contribution in [0.15, 0.2) is 68.6 Å². The fraction of sp³-hybridized carbons (Fsp3) is 0.238. The summed E-state index contributed by atoms with van der Waals surface area (Å²) in [6.07, 6.45) is 1.25. The summed E-state index contributed by atoms with van der Waals surface area (Å²) in [4.78, 5) is -1.27. The maximum absolute atomic E-state index is 11.8. The maximum Gasteiger partial charge on any atom is 0.296 e. The zero-order valence-electron chi connectivity index (χ0n) is 18.8. The minimum Gasteiger partial charge on any atom is -0.506 e. The molecular formula is C21H28CuN2O8S2. The number of hydrogen-bond donors (Lipinski definition) is 6. The van der Waals surface area contributed by atoms with Gasteiger partial charge in [-0.3, -0.25) is 4.55 Å². The Morgan fingerprint density at radius 3 is 1.88 bits per heavy atom. The second-order valence-corrected chi connectivity index (χ2v) is 9.18. The summed E-state index contributed by atoms with van der Waals surface area (Å²) < 4.78 is 61.8. The summed E-state index contributed by atoms with van der Waals surface area (Å²) in [5, 5.41) is 27.3. The first kappa shape index (κ1) is 31.8. The van der Waals surface area contributed by atoms with Crippen LogP contribution >= 0.6 is 10.9 Å². The van der Waals surface area contributed by atoms with Crippen molar-refractivity contribution in [3.63, 3.8) is 0 Å². The van der Waals surface area contributed by atoms with Crippen molar-refractivity contribution in [2.24, 2.45) is 10.2 Å². The molecule has 34 heavy (non-hydrogen) atoms. The molecule has 0 saturated carbocycles. The number of nitrogens with zero attached hydrogens (tertiary/aromatic N) is 2. The zero-order valence-corrected chi connectivity index (χ0v) is 21.4. The molecule has 0 aromatic heterocycles. The van der Waals surface area contributed by atoms with Gasteiger partial charge in [-0.2, -0.15) is 8.42 Å². The van der Waals surface area contributed by atoms with Crippen molar-refractivity contribution in [1.82, 2.24) is 0 Å². The summed E-state index contributed by atoms with van der Waals surface area (Å²) in [7, 11) is -9.14. The first-order valence-corrected chi connectivity index (χ1v) is 12.8. The Labute approximate surface area is 210 Å². The average molecular weight is 564 g/mol. The van der Waals surface area contributed by atoms with E-state index in [9.17, 15) is 36.8 Å². The number of phenols is 2. The Morgan fingerprint density at radius 2 is 1.38 bits per heavy atom. The predicted molar refractivity (Wildman–Crippen MR) is 129 cm³/mol. The maximum atomic E-state index is 11.8. The molecule has 0 aliphatic heterocycles. The van der Waals surface area contributed by atoms with Crippen molar-refractivity contribution in [1.29, 1.82) is 0 Å². The SMILES string of the molecule is CC.CCC.O=S(=O)(O)c1cc2cccc(S(O)(O)O)c2c(O)c1N=Nc1ccccc1O.[Cu]. The van der Waals surface area contributed by atoms with Gasteiger partial charge in [0.2, 0.25) is 0 Å². The van der Waals surface area contributed by atoms with Crippen molar-refractivity contribution in [3.05, 3.63) is 48.5 Å². The minimum atomic E-state index is -4.87. The second kappa shape index (κ2) is 13.6. The van der Waals surface area contributed by atoms with Crippen LogP contribution in [-0.4, -0.2) is 36.8 Å². The van der Waals surface area contributed by atoms with E-state index in [2.05, 4.69) is 24.1 Å². The number of para-hydroxylation sites is 1. The van der Waals surface area contributed by atoms with E-state index in [0.29, 0.717) is 0 Å². The molecule has 0 heterocycles. The number of fused-ring (bicyclic) bond motifs is 1. The fourth-order valence-corrected chi connectivity index (χ4v) is 3.95. The van der Waals surface area contributed by atoms with E-state index in [4.69, 9.17) is 0 Å². The Morgan fingerprint density at radius 1 is 0.824 bits per heavy atom. The fourth-order valence-electron chi connectivity index (χ4n) is 2.54. The van der Waals surface area contributed by atoms with E-state index in [-0.39, 0.29) is 39.3 Å². The molecule has 3 aromatic carbocycles. The van der Waals surface area contributed by atoms with Gasteiger partial charge in [-0.05, 0) is 29.7 Å². The van der Waals surface area contributed by atoms with Crippen LogP contribution < -0.4 is 0 Å². The van der Waals surface area contributed by atoms with E-state index in [1.165, 1.54) is 42.8 Å². The summed E-state index contributed by atoms with van der Waals surface area (Å²) in [5.74, 6) is -1.14. The minimum absolute atomic E-state index is 0.